The average Bonchev–Trinajstić information content (AvgIpc) is 2.78. The number of nitrogens with one attached hydrogen (secondary N) is 1. The van der Waals surface area contributed by atoms with Gasteiger partial charge in [-0.25, -0.2) is 4.98 Å². The second kappa shape index (κ2) is 6.85. The summed E-state index contributed by atoms with van der Waals surface area (Å²) < 4.78 is 1.32. The Morgan fingerprint density at radius 3 is 3.10 bits per heavy atom. The van der Waals surface area contributed by atoms with Gasteiger partial charge in [-0.3, -0.25) is 4.90 Å². The van der Waals surface area contributed by atoms with Gasteiger partial charge in [0, 0.05) is 19.1 Å². The monoisotopic (exact) mass is 311 g/mol. The van der Waals surface area contributed by atoms with Gasteiger partial charge >= 0.3 is 0 Å². The highest BCUT2D eigenvalue weighted by molar-refractivity contribution is 7.18. The van der Waals surface area contributed by atoms with Crippen LogP contribution >= 0.6 is 23.7 Å². The molecule has 1 aliphatic rings. The van der Waals surface area contributed by atoms with Gasteiger partial charge in [-0.1, -0.05) is 6.07 Å². The largest absolute Gasteiger partial charge is 0.316 e. The van der Waals surface area contributed by atoms with E-state index in [0.29, 0.717) is 6.04 Å². The number of hydrogen-bond donors (Lipinski definition) is 1. The molecule has 1 aliphatic heterocycles. The number of likely N-dealkylation sites (tertiary alicyclic amines) is 1. The van der Waals surface area contributed by atoms with Crippen molar-refractivity contribution in [3.63, 3.8) is 0 Å². The molecule has 0 amide bonds. The van der Waals surface area contributed by atoms with Crippen LogP contribution in [0.5, 0.6) is 0 Å². The van der Waals surface area contributed by atoms with E-state index in [9.17, 15) is 0 Å². The third-order valence-corrected chi connectivity index (χ3v) is 4.81. The van der Waals surface area contributed by atoms with Crippen molar-refractivity contribution in [2.75, 3.05) is 20.1 Å². The molecule has 3 rings (SSSR count). The minimum absolute atomic E-state index is 0. The second-order valence-electron chi connectivity index (χ2n) is 5.40. The fourth-order valence-electron chi connectivity index (χ4n) is 2.88. The van der Waals surface area contributed by atoms with Gasteiger partial charge in [0.1, 0.15) is 0 Å². The third kappa shape index (κ3) is 3.50. The number of rotatable bonds is 3. The molecule has 0 radical (unpaired) electrons. The number of thiazole rings is 1. The molecule has 5 heteroatoms. The Morgan fingerprint density at radius 1 is 1.45 bits per heavy atom. The lowest BCUT2D eigenvalue weighted by atomic mass is 10.1. The number of likely N-dealkylation sites (N-methyl/N-ethyl adjacent to an activating group) is 1. The summed E-state index contributed by atoms with van der Waals surface area (Å²) in [6, 6.07) is 7.35. The predicted molar refractivity (Wildman–Crippen MR) is 89.0 cm³/mol. The molecule has 3 nitrogen and oxygen atoms in total. The van der Waals surface area contributed by atoms with Crippen LogP contribution < -0.4 is 5.32 Å². The lowest BCUT2D eigenvalue weighted by molar-refractivity contribution is 0.188. The number of hydrogen-bond acceptors (Lipinski definition) is 4. The van der Waals surface area contributed by atoms with Crippen molar-refractivity contribution < 1.29 is 0 Å². The number of piperidine rings is 1. The number of benzene rings is 1. The molecule has 1 N–H and O–H groups in total. The first-order valence-corrected chi connectivity index (χ1v) is 7.82. The second-order valence-corrected chi connectivity index (χ2v) is 6.63. The van der Waals surface area contributed by atoms with Crippen LogP contribution in [0.3, 0.4) is 0 Å². The number of fused-ring (bicyclic) bond motifs is 1. The Kier molecular flexibility index (Phi) is 5.38. The molecule has 1 atom stereocenters. The molecule has 1 fully saturated rings. The standard InChI is InChI=1S/C15H21N3S.ClH/c1-11-17-14-6-5-12(8-15(14)19-11)9-18-7-3-4-13(10-18)16-2;/h5-6,8,13,16H,3-4,7,9-10H2,1-2H3;1H. The van der Waals surface area contributed by atoms with Gasteiger partial charge in [0.2, 0.25) is 0 Å². The molecular formula is C15H22ClN3S. The van der Waals surface area contributed by atoms with Crippen molar-refractivity contribution >= 4 is 34.0 Å². The van der Waals surface area contributed by atoms with Gasteiger partial charge in [0.25, 0.3) is 0 Å². The fourth-order valence-corrected chi connectivity index (χ4v) is 3.77. The Bertz CT molecular complexity index is 569. The van der Waals surface area contributed by atoms with Gasteiger partial charge in [-0.2, -0.15) is 0 Å². The van der Waals surface area contributed by atoms with Gasteiger partial charge < -0.3 is 5.32 Å². The first kappa shape index (κ1) is 15.7. The van der Waals surface area contributed by atoms with E-state index in [2.05, 4.69) is 47.4 Å². The molecule has 20 heavy (non-hydrogen) atoms. The van der Waals surface area contributed by atoms with Gasteiger partial charge in [-0.15, -0.1) is 23.7 Å². The zero-order chi connectivity index (χ0) is 13.2. The molecule has 1 saturated heterocycles. The Labute approximate surface area is 130 Å². The molecule has 2 aromatic rings. The molecule has 0 spiro atoms. The average molecular weight is 312 g/mol. The summed E-state index contributed by atoms with van der Waals surface area (Å²) in [6.07, 6.45) is 2.60. The van der Waals surface area contributed by atoms with Crippen LogP contribution in [0.25, 0.3) is 10.2 Å². The first-order chi connectivity index (χ1) is 9.24. The molecule has 0 saturated carbocycles. The highest BCUT2D eigenvalue weighted by atomic mass is 35.5. The van der Waals surface area contributed by atoms with Crippen LogP contribution in [-0.4, -0.2) is 36.1 Å². The lowest BCUT2D eigenvalue weighted by Crippen LogP contribution is -2.43. The molecule has 1 aromatic carbocycles. The summed E-state index contributed by atoms with van der Waals surface area (Å²) in [4.78, 5) is 7.08. The molecule has 1 aromatic heterocycles. The Balaban J connectivity index is 0.00000147. The zero-order valence-corrected chi connectivity index (χ0v) is 13.7. The van der Waals surface area contributed by atoms with E-state index >= 15 is 0 Å². The smallest absolute Gasteiger partial charge is 0.0907 e. The van der Waals surface area contributed by atoms with Gasteiger partial charge in [0.15, 0.2) is 0 Å². The minimum atomic E-state index is 0. The quantitative estimate of drug-likeness (QED) is 0.943. The predicted octanol–water partition coefficient (Wildman–Crippen LogP) is 3.21. The summed E-state index contributed by atoms with van der Waals surface area (Å²) in [7, 11) is 2.07. The normalized spacial score (nSPS) is 20.0. The van der Waals surface area contributed by atoms with Crippen molar-refractivity contribution in [3.8, 4) is 0 Å². The minimum Gasteiger partial charge on any atom is -0.316 e. The zero-order valence-electron chi connectivity index (χ0n) is 12.1. The van der Waals surface area contributed by atoms with Crippen molar-refractivity contribution in [1.29, 1.82) is 0 Å². The maximum absolute atomic E-state index is 4.52. The summed E-state index contributed by atoms with van der Waals surface area (Å²) >= 11 is 1.79. The van der Waals surface area contributed by atoms with Crippen molar-refractivity contribution in [2.24, 2.45) is 0 Å². The van der Waals surface area contributed by atoms with Crippen LogP contribution in [0.2, 0.25) is 0 Å². The van der Waals surface area contributed by atoms with Crippen molar-refractivity contribution in [3.05, 3.63) is 28.8 Å². The van der Waals surface area contributed by atoms with E-state index in [1.807, 2.05) is 0 Å². The summed E-state index contributed by atoms with van der Waals surface area (Å²) in [5.74, 6) is 0. The summed E-state index contributed by atoms with van der Waals surface area (Å²) in [6.45, 7) is 5.52. The maximum atomic E-state index is 4.52. The van der Waals surface area contributed by atoms with Crippen molar-refractivity contribution in [1.82, 2.24) is 15.2 Å². The SMILES string of the molecule is CNC1CCCN(Cc2ccc3nc(C)sc3c2)C1.Cl. The van der Waals surface area contributed by atoms with E-state index in [0.717, 1.165) is 23.6 Å². The molecule has 0 bridgehead atoms. The van der Waals surface area contributed by atoms with Gasteiger partial charge in [0.05, 0.1) is 15.2 Å². The van der Waals surface area contributed by atoms with Crippen LogP contribution in [0.15, 0.2) is 18.2 Å². The van der Waals surface area contributed by atoms with Crippen LogP contribution in [-0.2, 0) is 6.54 Å². The van der Waals surface area contributed by atoms with E-state index < -0.39 is 0 Å². The Morgan fingerprint density at radius 2 is 2.30 bits per heavy atom. The van der Waals surface area contributed by atoms with E-state index in [1.54, 1.807) is 11.3 Å². The lowest BCUT2D eigenvalue weighted by Gasteiger charge is -2.32. The molecule has 1 unspecified atom stereocenters. The highest BCUT2D eigenvalue weighted by Crippen LogP contribution is 2.23. The van der Waals surface area contributed by atoms with Gasteiger partial charge in [-0.05, 0) is 51.1 Å². The molecule has 2 heterocycles. The Hall–Kier alpha value is -0.680. The molecule has 110 valence electrons. The molecule has 0 aliphatic carbocycles. The number of nitrogens with zero attached hydrogens (tertiary/aromatic N) is 2. The summed E-state index contributed by atoms with van der Waals surface area (Å²) in [5, 5.41) is 4.56. The summed E-state index contributed by atoms with van der Waals surface area (Å²) in [5.41, 5.74) is 2.55. The molecular weight excluding hydrogens is 290 g/mol. The first-order valence-electron chi connectivity index (χ1n) is 7.00. The van der Waals surface area contributed by atoms with E-state index in [1.165, 1.54) is 29.6 Å². The fraction of sp³-hybridized carbons (Fsp3) is 0.533. The number of aryl methyl sites for hydroxylation is 1. The van der Waals surface area contributed by atoms with Crippen LogP contribution in [0.1, 0.15) is 23.4 Å². The van der Waals surface area contributed by atoms with E-state index in [-0.39, 0.29) is 12.4 Å². The van der Waals surface area contributed by atoms with Crippen LogP contribution in [0.4, 0.5) is 0 Å². The highest BCUT2D eigenvalue weighted by Gasteiger charge is 2.18. The van der Waals surface area contributed by atoms with Crippen LogP contribution in [0, 0.1) is 6.92 Å². The van der Waals surface area contributed by atoms with E-state index in [4.69, 9.17) is 0 Å². The number of aromatic nitrogens is 1. The number of halogens is 1. The topological polar surface area (TPSA) is 28.2 Å². The maximum Gasteiger partial charge on any atom is 0.0907 e. The van der Waals surface area contributed by atoms with Crippen molar-refractivity contribution in [2.45, 2.75) is 32.4 Å². The third-order valence-electron chi connectivity index (χ3n) is 3.88.